The van der Waals surface area contributed by atoms with Crippen LogP contribution in [0.3, 0.4) is 0 Å². The maximum absolute atomic E-state index is 5.63. The van der Waals surface area contributed by atoms with Crippen molar-refractivity contribution in [1.29, 1.82) is 0 Å². The van der Waals surface area contributed by atoms with E-state index in [2.05, 4.69) is 15.5 Å². The zero-order chi connectivity index (χ0) is 10.7. The van der Waals surface area contributed by atoms with E-state index < -0.39 is 0 Å². The van der Waals surface area contributed by atoms with Gasteiger partial charge in [0.1, 0.15) is 5.60 Å². The lowest BCUT2D eigenvalue weighted by Crippen LogP contribution is -2.30. The van der Waals surface area contributed by atoms with Crippen LogP contribution in [-0.4, -0.2) is 33.9 Å². The van der Waals surface area contributed by atoms with Crippen LogP contribution in [0.5, 0.6) is 0 Å². The number of hydrogen-bond acceptors (Lipinski definition) is 5. The number of aromatic nitrogens is 4. The SMILES string of the molecule is COC1(c2nnnn2CCN)CCCC1. The molecule has 0 spiro atoms. The van der Waals surface area contributed by atoms with Crippen molar-refractivity contribution in [1.82, 2.24) is 20.2 Å². The predicted octanol–water partition coefficient (Wildman–Crippen LogP) is 0.0475. The average molecular weight is 211 g/mol. The first-order chi connectivity index (χ1) is 7.32. The van der Waals surface area contributed by atoms with Gasteiger partial charge in [-0.3, -0.25) is 0 Å². The van der Waals surface area contributed by atoms with Gasteiger partial charge in [0.25, 0.3) is 0 Å². The average Bonchev–Trinajstić information content (AvgIpc) is 2.86. The topological polar surface area (TPSA) is 78.9 Å². The molecular formula is C9H17N5O. The summed E-state index contributed by atoms with van der Waals surface area (Å²) in [4.78, 5) is 0. The van der Waals surface area contributed by atoms with Crippen LogP contribution in [0, 0.1) is 0 Å². The Kier molecular flexibility index (Phi) is 2.97. The summed E-state index contributed by atoms with van der Waals surface area (Å²) in [6.07, 6.45) is 4.33. The van der Waals surface area contributed by atoms with Gasteiger partial charge in [0, 0.05) is 13.7 Å². The number of ether oxygens (including phenoxy) is 1. The zero-order valence-corrected chi connectivity index (χ0v) is 9.02. The van der Waals surface area contributed by atoms with Gasteiger partial charge in [0.05, 0.1) is 6.54 Å². The highest BCUT2D eigenvalue weighted by atomic mass is 16.5. The molecule has 2 rings (SSSR count). The van der Waals surface area contributed by atoms with E-state index in [-0.39, 0.29) is 5.60 Å². The van der Waals surface area contributed by atoms with Crippen LogP contribution in [0.25, 0.3) is 0 Å². The first kappa shape index (κ1) is 10.5. The van der Waals surface area contributed by atoms with Crippen LogP contribution in [0.2, 0.25) is 0 Å². The van der Waals surface area contributed by atoms with Gasteiger partial charge in [0.2, 0.25) is 0 Å². The van der Waals surface area contributed by atoms with Crippen LogP contribution in [0.1, 0.15) is 31.5 Å². The summed E-state index contributed by atoms with van der Waals surface area (Å²) in [6.45, 7) is 1.19. The first-order valence-electron chi connectivity index (χ1n) is 5.34. The summed E-state index contributed by atoms with van der Waals surface area (Å²) in [5.41, 5.74) is 5.24. The highest BCUT2D eigenvalue weighted by molar-refractivity contribution is 5.03. The Morgan fingerprint density at radius 2 is 2.20 bits per heavy atom. The van der Waals surface area contributed by atoms with Crippen molar-refractivity contribution < 1.29 is 4.74 Å². The molecule has 6 nitrogen and oxygen atoms in total. The fourth-order valence-electron chi connectivity index (χ4n) is 2.27. The second-order valence-electron chi connectivity index (χ2n) is 3.92. The summed E-state index contributed by atoms with van der Waals surface area (Å²) < 4.78 is 7.38. The molecule has 1 aromatic heterocycles. The van der Waals surface area contributed by atoms with Crippen molar-refractivity contribution in [2.75, 3.05) is 13.7 Å². The molecule has 84 valence electrons. The highest BCUT2D eigenvalue weighted by Gasteiger charge is 2.40. The molecule has 0 amide bonds. The minimum atomic E-state index is -0.279. The molecular weight excluding hydrogens is 194 g/mol. The van der Waals surface area contributed by atoms with E-state index in [0.717, 1.165) is 18.7 Å². The Morgan fingerprint density at radius 3 is 2.80 bits per heavy atom. The Labute approximate surface area is 88.8 Å². The fourth-order valence-corrected chi connectivity index (χ4v) is 2.27. The van der Waals surface area contributed by atoms with Crippen molar-refractivity contribution in [2.24, 2.45) is 5.73 Å². The molecule has 0 aromatic carbocycles. The molecule has 0 aliphatic heterocycles. The van der Waals surface area contributed by atoms with Crippen molar-refractivity contribution >= 4 is 0 Å². The Hall–Kier alpha value is -1.01. The third kappa shape index (κ3) is 1.74. The number of methoxy groups -OCH3 is 1. The molecule has 1 fully saturated rings. The summed E-state index contributed by atoms with van der Waals surface area (Å²) >= 11 is 0. The minimum absolute atomic E-state index is 0.279. The number of tetrazole rings is 1. The van der Waals surface area contributed by atoms with Gasteiger partial charge >= 0.3 is 0 Å². The maximum Gasteiger partial charge on any atom is 0.183 e. The largest absolute Gasteiger partial charge is 0.370 e. The molecule has 1 heterocycles. The van der Waals surface area contributed by atoms with E-state index in [0.29, 0.717) is 13.1 Å². The molecule has 0 bridgehead atoms. The second kappa shape index (κ2) is 4.24. The molecule has 1 aliphatic carbocycles. The number of hydrogen-bond donors (Lipinski definition) is 1. The fraction of sp³-hybridized carbons (Fsp3) is 0.889. The normalized spacial score (nSPS) is 19.6. The highest BCUT2D eigenvalue weighted by Crippen LogP contribution is 2.40. The molecule has 1 saturated carbocycles. The van der Waals surface area contributed by atoms with E-state index in [1.54, 1.807) is 11.8 Å². The van der Waals surface area contributed by atoms with Crippen LogP contribution < -0.4 is 5.73 Å². The van der Waals surface area contributed by atoms with E-state index in [4.69, 9.17) is 10.5 Å². The summed E-state index contributed by atoms with van der Waals surface area (Å²) in [5, 5.41) is 11.7. The lowest BCUT2D eigenvalue weighted by Gasteiger charge is -2.25. The molecule has 0 atom stereocenters. The lowest BCUT2D eigenvalue weighted by atomic mass is 10.0. The predicted molar refractivity (Wildman–Crippen MR) is 54.0 cm³/mol. The van der Waals surface area contributed by atoms with Gasteiger partial charge in [-0.2, -0.15) is 0 Å². The second-order valence-corrected chi connectivity index (χ2v) is 3.92. The molecule has 0 radical (unpaired) electrons. The van der Waals surface area contributed by atoms with E-state index >= 15 is 0 Å². The van der Waals surface area contributed by atoms with Gasteiger partial charge < -0.3 is 10.5 Å². The summed E-state index contributed by atoms with van der Waals surface area (Å²) in [6, 6.07) is 0. The van der Waals surface area contributed by atoms with Gasteiger partial charge in [-0.25, -0.2) is 4.68 Å². The molecule has 0 unspecified atom stereocenters. The van der Waals surface area contributed by atoms with Gasteiger partial charge in [-0.15, -0.1) is 5.10 Å². The Bertz CT molecular complexity index is 318. The molecule has 1 aliphatic rings. The molecule has 15 heavy (non-hydrogen) atoms. The van der Waals surface area contributed by atoms with Crippen LogP contribution in [0.15, 0.2) is 0 Å². The quantitative estimate of drug-likeness (QED) is 0.761. The lowest BCUT2D eigenvalue weighted by molar-refractivity contribution is -0.0199. The summed E-state index contributed by atoms with van der Waals surface area (Å²) in [5.74, 6) is 0.827. The van der Waals surface area contributed by atoms with Crippen LogP contribution in [-0.2, 0) is 16.9 Å². The smallest absolute Gasteiger partial charge is 0.183 e. The van der Waals surface area contributed by atoms with Crippen molar-refractivity contribution in [3.05, 3.63) is 5.82 Å². The van der Waals surface area contributed by atoms with Crippen LogP contribution >= 0.6 is 0 Å². The third-order valence-electron chi connectivity index (χ3n) is 3.08. The molecule has 2 N–H and O–H groups in total. The molecule has 1 aromatic rings. The molecule has 6 heteroatoms. The zero-order valence-electron chi connectivity index (χ0n) is 9.02. The van der Waals surface area contributed by atoms with Crippen molar-refractivity contribution in [3.63, 3.8) is 0 Å². The third-order valence-corrected chi connectivity index (χ3v) is 3.08. The number of rotatable bonds is 4. The minimum Gasteiger partial charge on any atom is -0.370 e. The number of nitrogens with zero attached hydrogens (tertiary/aromatic N) is 4. The van der Waals surface area contributed by atoms with E-state index in [1.807, 2.05) is 0 Å². The monoisotopic (exact) mass is 211 g/mol. The van der Waals surface area contributed by atoms with Gasteiger partial charge in [-0.1, -0.05) is 0 Å². The van der Waals surface area contributed by atoms with E-state index in [1.165, 1.54) is 12.8 Å². The Balaban J connectivity index is 2.29. The van der Waals surface area contributed by atoms with Crippen molar-refractivity contribution in [3.8, 4) is 0 Å². The first-order valence-corrected chi connectivity index (χ1v) is 5.34. The standard InChI is InChI=1S/C9H17N5O/c1-15-9(4-2-3-5-9)8-11-12-13-14(8)7-6-10/h2-7,10H2,1H3. The van der Waals surface area contributed by atoms with Gasteiger partial charge in [0.15, 0.2) is 5.82 Å². The maximum atomic E-state index is 5.63. The van der Waals surface area contributed by atoms with E-state index in [9.17, 15) is 0 Å². The molecule has 0 saturated heterocycles. The van der Waals surface area contributed by atoms with Crippen molar-refractivity contribution in [2.45, 2.75) is 37.8 Å². The van der Waals surface area contributed by atoms with Crippen LogP contribution in [0.4, 0.5) is 0 Å². The van der Waals surface area contributed by atoms with Gasteiger partial charge in [-0.05, 0) is 36.1 Å². The summed E-state index contributed by atoms with van der Waals surface area (Å²) in [7, 11) is 1.73. The Morgan fingerprint density at radius 1 is 1.47 bits per heavy atom. The number of nitrogens with two attached hydrogens (primary N) is 1.